The third-order valence-corrected chi connectivity index (χ3v) is 1.80. The lowest BCUT2D eigenvalue weighted by atomic mass is 10.0. The second kappa shape index (κ2) is 8.48. The Kier molecular flexibility index (Phi) is 9.30. The van der Waals surface area contributed by atoms with Gasteiger partial charge >= 0.3 is 5.97 Å². The van der Waals surface area contributed by atoms with E-state index in [0.717, 1.165) is 6.29 Å². The molecule has 0 aliphatic carbocycles. The highest BCUT2D eigenvalue weighted by Gasteiger charge is 2.02. The zero-order valence-electron chi connectivity index (χ0n) is 9.66. The van der Waals surface area contributed by atoms with Crippen molar-refractivity contribution in [3.05, 3.63) is 12.2 Å². The average molecular weight is 200 g/mol. The van der Waals surface area contributed by atoms with Crippen molar-refractivity contribution < 1.29 is 14.3 Å². The molecule has 0 aromatic heterocycles. The van der Waals surface area contributed by atoms with E-state index in [-0.39, 0.29) is 11.9 Å². The molecule has 0 heterocycles. The van der Waals surface area contributed by atoms with Crippen LogP contribution in [-0.4, -0.2) is 19.4 Å². The van der Waals surface area contributed by atoms with Gasteiger partial charge in [0.2, 0.25) is 0 Å². The van der Waals surface area contributed by atoms with Gasteiger partial charge in [-0.25, -0.2) is 4.79 Å². The first-order valence-electron chi connectivity index (χ1n) is 4.55. The molecule has 3 nitrogen and oxygen atoms in total. The fourth-order valence-electron chi connectivity index (χ4n) is 0.331. The van der Waals surface area contributed by atoms with Crippen LogP contribution in [0, 0.1) is 11.8 Å². The van der Waals surface area contributed by atoms with Crippen molar-refractivity contribution in [1.82, 2.24) is 0 Å². The van der Waals surface area contributed by atoms with E-state index >= 15 is 0 Å². The largest absolute Gasteiger partial charge is 0.466 e. The lowest BCUT2D eigenvalue weighted by Crippen LogP contribution is -2.03. The number of hydrogen-bond acceptors (Lipinski definition) is 3. The minimum Gasteiger partial charge on any atom is -0.466 e. The van der Waals surface area contributed by atoms with Gasteiger partial charge in [0.1, 0.15) is 6.29 Å². The molecular formula is C11H20O3. The summed E-state index contributed by atoms with van der Waals surface area (Å²) in [7, 11) is 1.33. The molecule has 0 spiro atoms. The number of aldehydes is 1. The molecule has 0 aromatic rings. The normalized spacial score (nSPS) is 11.0. The molecule has 14 heavy (non-hydrogen) atoms. The van der Waals surface area contributed by atoms with Crippen LogP contribution in [0.5, 0.6) is 0 Å². The van der Waals surface area contributed by atoms with E-state index in [9.17, 15) is 9.59 Å². The second-order valence-electron chi connectivity index (χ2n) is 3.51. The first-order valence-corrected chi connectivity index (χ1v) is 4.55. The van der Waals surface area contributed by atoms with Crippen LogP contribution in [-0.2, 0) is 14.3 Å². The third-order valence-electron chi connectivity index (χ3n) is 1.80. The summed E-state index contributed by atoms with van der Waals surface area (Å²) in [6.45, 7) is 11.0. The predicted molar refractivity (Wildman–Crippen MR) is 56.9 cm³/mol. The van der Waals surface area contributed by atoms with Gasteiger partial charge in [-0.3, -0.25) is 0 Å². The fourth-order valence-corrected chi connectivity index (χ4v) is 0.331. The van der Waals surface area contributed by atoms with Gasteiger partial charge in [0, 0.05) is 11.5 Å². The summed E-state index contributed by atoms with van der Waals surface area (Å²) in [5, 5.41) is 0. The van der Waals surface area contributed by atoms with Gasteiger partial charge < -0.3 is 9.53 Å². The Morgan fingerprint density at radius 3 is 1.79 bits per heavy atom. The van der Waals surface area contributed by atoms with E-state index in [0.29, 0.717) is 11.5 Å². The maximum absolute atomic E-state index is 10.2. The van der Waals surface area contributed by atoms with Crippen LogP contribution in [0.15, 0.2) is 12.2 Å². The first kappa shape index (κ1) is 15.4. The standard InChI is InChI=1S/C6H12O.C5H8O2/c1-5(2)6(3)4-7;1-4(2)5(6)7-3/h4-6H,1-3H3;1H2,2-3H3. The maximum atomic E-state index is 10.2. The van der Waals surface area contributed by atoms with Gasteiger partial charge in [-0.1, -0.05) is 27.4 Å². The number of carbonyl (C=O) groups is 2. The molecule has 1 atom stereocenters. The molecule has 0 aromatic carbocycles. The van der Waals surface area contributed by atoms with Crippen molar-refractivity contribution in [2.24, 2.45) is 11.8 Å². The van der Waals surface area contributed by atoms with E-state index < -0.39 is 0 Å². The van der Waals surface area contributed by atoms with E-state index in [4.69, 9.17) is 0 Å². The Hall–Kier alpha value is -1.12. The highest BCUT2D eigenvalue weighted by Crippen LogP contribution is 2.04. The Balaban J connectivity index is 0. The topological polar surface area (TPSA) is 43.4 Å². The zero-order valence-corrected chi connectivity index (χ0v) is 9.66. The van der Waals surface area contributed by atoms with Crippen LogP contribution >= 0.6 is 0 Å². The van der Waals surface area contributed by atoms with Gasteiger partial charge in [-0.05, 0) is 12.8 Å². The number of rotatable bonds is 3. The molecule has 0 aliphatic rings. The maximum Gasteiger partial charge on any atom is 0.332 e. The lowest BCUT2D eigenvalue weighted by Gasteiger charge is -2.04. The lowest BCUT2D eigenvalue weighted by molar-refractivity contribution is -0.136. The van der Waals surface area contributed by atoms with E-state index in [2.05, 4.69) is 11.3 Å². The van der Waals surface area contributed by atoms with E-state index in [1.54, 1.807) is 6.92 Å². The summed E-state index contributed by atoms with van der Waals surface area (Å²) >= 11 is 0. The fraction of sp³-hybridized carbons (Fsp3) is 0.636. The van der Waals surface area contributed by atoms with Crippen LogP contribution < -0.4 is 0 Å². The number of ether oxygens (including phenoxy) is 1. The molecule has 0 amide bonds. The summed E-state index contributed by atoms with van der Waals surface area (Å²) < 4.78 is 4.27. The smallest absolute Gasteiger partial charge is 0.332 e. The Morgan fingerprint density at radius 2 is 1.79 bits per heavy atom. The van der Waals surface area contributed by atoms with E-state index in [1.807, 2.05) is 20.8 Å². The minimum atomic E-state index is -0.347. The number of carbonyl (C=O) groups excluding carboxylic acids is 2. The molecular weight excluding hydrogens is 180 g/mol. The third kappa shape index (κ3) is 8.97. The van der Waals surface area contributed by atoms with Gasteiger partial charge in [0.25, 0.3) is 0 Å². The minimum absolute atomic E-state index is 0.222. The summed E-state index contributed by atoms with van der Waals surface area (Å²) in [5.41, 5.74) is 0.433. The zero-order chi connectivity index (χ0) is 11.7. The number of methoxy groups -OCH3 is 1. The van der Waals surface area contributed by atoms with Crippen molar-refractivity contribution >= 4 is 12.3 Å². The Morgan fingerprint density at radius 1 is 1.36 bits per heavy atom. The average Bonchev–Trinajstić information content (AvgIpc) is 2.15. The van der Waals surface area contributed by atoms with Crippen LogP contribution in [0.3, 0.4) is 0 Å². The molecule has 0 rings (SSSR count). The van der Waals surface area contributed by atoms with Crippen LogP contribution in [0.2, 0.25) is 0 Å². The van der Waals surface area contributed by atoms with Crippen molar-refractivity contribution in [1.29, 1.82) is 0 Å². The molecule has 0 saturated carbocycles. The SMILES string of the molecule is C=C(C)C(=O)OC.CC(C)C(C)C=O. The van der Waals surface area contributed by atoms with Gasteiger partial charge in [0.05, 0.1) is 7.11 Å². The Labute approximate surface area is 86.1 Å². The van der Waals surface area contributed by atoms with Crippen LogP contribution in [0.1, 0.15) is 27.7 Å². The number of esters is 1. The van der Waals surface area contributed by atoms with Crippen molar-refractivity contribution in [3.8, 4) is 0 Å². The van der Waals surface area contributed by atoms with Crippen LogP contribution in [0.25, 0.3) is 0 Å². The molecule has 0 bridgehead atoms. The number of hydrogen-bond donors (Lipinski definition) is 0. The van der Waals surface area contributed by atoms with Gasteiger partial charge in [-0.15, -0.1) is 0 Å². The molecule has 0 fully saturated rings. The molecule has 0 N–H and O–H groups in total. The Bertz CT molecular complexity index is 195. The predicted octanol–water partition coefficient (Wildman–Crippen LogP) is 2.21. The highest BCUT2D eigenvalue weighted by molar-refractivity contribution is 5.86. The molecule has 1 unspecified atom stereocenters. The molecule has 0 saturated heterocycles. The first-order chi connectivity index (χ1) is 6.36. The van der Waals surface area contributed by atoms with Crippen molar-refractivity contribution in [3.63, 3.8) is 0 Å². The van der Waals surface area contributed by atoms with Crippen molar-refractivity contribution in [2.45, 2.75) is 27.7 Å². The summed E-state index contributed by atoms with van der Waals surface area (Å²) in [5.74, 6) is 0.373. The summed E-state index contributed by atoms with van der Waals surface area (Å²) in [6, 6.07) is 0. The van der Waals surface area contributed by atoms with E-state index in [1.165, 1.54) is 7.11 Å². The second-order valence-corrected chi connectivity index (χ2v) is 3.51. The van der Waals surface area contributed by atoms with Crippen molar-refractivity contribution in [2.75, 3.05) is 7.11 Å². The summed E-state index contributed by atoms with van der Waals surface area (Å²) in [6.07, 6.45) is 0.991. The monoisotopic (exact) mass is 200 g/mol. The summed E-state index contributed by atoms with van der Waals surface area (Å²) in [4.78, 5) is 20.1. The molecule has 82 valence electrons. The highest BCUT2D eigenvalue weighted by atomic mass is 16.5. The molecule has 0 aliphatic heterocycles. The molecule has 3 heteroatoms. The molecule has 0 radical (unpaired) electrons. The van der Waals surface area contributed by atoms with Gasteiger partial charge in [-0.2, -0.15) is 0 Å². The quantitative estimate of drug-likeness (QED) is 0.398. The van der Waals surface area contributed by atoms with Crippen LogP contribution in [0.4, 0.5) is 0 Å². The van der Waals surface area contributed by atoms with Gasteiger partial charge in [0.15, 0.2) is 0 Å².